The molecule has 2 unspecified atom stereocenters. The lowest BCUT2D eigenvalue weighted by Gasteiger charge is -2.32. The number of rotatable bonds is 3. The quantitative estimate of drug-likeness (QED) is 0.507. The largest absolute Gasteiger partial charge is 0.479 e. The standard InChI is InChI=1S/C17H16N4O2S2/c1-23-15-12-16(21-17(20-15)24-2)25-13-11(18-12)8-10(19-14(13)22)9-6-4-3-5-7-9/h3-7,10,13H,8H2,1-2H3,(H,19,22). The molecule has 0 radical (unpaired) electrons. The fourth-order valence-electron chi connectivity index (χ4n) is 2.94. The molecular weight excluding hydrogens is 356 g/mol. The molecule has 3 heterocycles. The Balaban J connectivity index is 1.73. The number of piperidine rings is 1. The summed E-state index contributed by atoms with van der Waals surface area (Å²) < 4.78 is 5.39. The number of fused-ring (bicyclic) bond motifs is 2. The summed E-state index contributed by atoms with van der Waals surface area (Å²) in [7, 11) is 1.57. The lowest BCUT2D eigenvalue weighted by atomic mass is 9.95. The van der Waals surface area contributed by atoms with Crippen molar-refractivity contribution in [2.75, 3.05) is 13.4 Å². The van der Waals surface area contributed by atoms with Gasteiger partial charge in [-0.2, -0.15) is 4.98 Å². The van der Waals surface area contributed by atoms with Crippen LogP contribution in [-0.2, 0) is 4.79 Å². The van der Waals surface area contributed by atoms with E-state index in [4.69, 9.17) is 9.73 Å². The summed E-state index contributed by atoms with van der Waals surface area (Å²) in [5.41, 5.74) is 2.54. The molecule has 0 aliphatic carbocycles. The molecule has 0 spiro atoms. The van der Waals surface area contributed by atoms with Crippen molar-refractivity contribution < 1.29 is 9.53 Å². The summed E-state index contributed by atoms with van der Waals surface area (Å²) in [6.07, 6.45) is 2.57. The van der Waals surface area contributed by atoms with Crippen molar-refractivity contribution in [1.29, 1.82) is 0 Å². The van der Waals surface area contributed by atoms with Crippen molar-refractivity contribution in [3.63, 3.8) is 0 Å². The molecule has 2 aromatic rings. The van der Waals surface area contributed by atoms with E-state index >= 15 is 0 Å². The zero-order valence-corrected chi connectivity index (χ0v) is 15.4. The Morgan fingerprint density at radius 3 is 2.80 bits per heavy atom. The lowest BCUT2D eigenvalue weighted by molar-refractivity contribution is -0.120. The van der Waals surface area contributed by atoms with Gasteiger partial charge in [0.1, 0.15) is 10.3 Å². The third-order valence-corrected chi connectivity index (χ3v) is 5.91. The minimum Gasteiger partial charge on any atom is -0.479 e. The highest BCUT2D eigenvalue weighted by molar-refractivity contribution is 8.01. The molecule has 8 heteroatoms. The predicted octanol–water partition coefficient (Wildman–Crippen LogP) is 3.02. The van der Waals surface area contributed by atoms with Crippen LogP contribution in [0.2, 0.25) is 0 Å². The second kappa shape index (κ2) is 6.68. The van der Waals surface area contributed by atoms with Gasteiger partial charge < -0.3 is 10.1 Å². The van der Waals surface area contributed by atoms with Crippen LogP contribution in [0.15, 0.2) is 45.5 Å². The highest BCUT2D eigenvalue weighted by atomic mass is 32.2. The summed E-state index contributed by atoms with van der Waals surface area (Å²) in [6, 6.07) is 9.88. The average Bonchev–Trinajstić information content (AvgIpc) is 2.66. The first-order valence-corrected chi connectivity index (χ1v) is 9.89. The molecule has 128 valence electrons. The van der Waals surface area contributed by atoms with Crippen LogP contribution in [-0.4, -0.2) is 40.2 Å². The average molecular weight is 372 g/mol. The molecule has 2 aliphatic rings. The molecule has 2 aliphatic heterocycles. The van der Waals surface area contributed by atoms with Crippen LogP contribution in [0, 0.1) is 0 Å². The molecule has 0 bridgehead atoms. The van der Waals surface area contributed by atoms with Crippen molar-refractivity contribution in [1.82, 2.24) is 15.3 Å². The molecule has 25 heavy (non-hydrogen) atoms. The maximum atomic E-state index is 12.6. The summed E-state index contributed by atoms with van der Waals surface area (Å²) in [5.74, 6) is 0.424. The van der Waals surface area contributed by atoms with E-state index in [0.29, 0.717) is 28.2 Å². The summed E-state index contributed by atoms with van der Waals surface area (Å²) in [4.78, 5) is 26.2. The number of hydrogen-bond donors (Lipinski definition) is 1. The molecule has 1 amide bonds. The number of ether oxygens (including phenoxy) is 1. The maximum Gasteiger partial charge on any atom is 0.245 e. The SMILES string of the molecule is COc1nc(SC)nc2c1N=C1CC(c3ccccc3)NC(=O)C1S2. The number of thioether (sulfide) groups is 2. The molecule has 1 fully saturated rings. The molecule has 1 N–H and O–H groups in total. The van der Waals surface area contributed by atoms with Gasteiger partial charge in [-0.25, -0.2) is 9.98 Å². The number of methoxy groups -OCH3 is 1. The number of carbonyl (C=O) groups excluding carboxylic acids is 1. The summed E-state index contributed by atoms with van der Waals surface area (Å²) in [5, 5.41) is 4.06. The number of benzene rings is 1. The highest BCUT2D eigenvalue weighted by Crippen LogP contribution is 2.44. The van der Waals surface area contributed by atoms with Gasteiger partial charge in [-0.15, -0.1) is 0 Å². The van der Waals surface area contributed by atoms with E-state index in [1.54, 1.807) is 7.11 Å². The van der Waals surface area contributed by atoms with Gasteiger partial charge in [-0.1, -0.05) is 53.9 Å². The molecule has 0 saturated carbocycles. The van der Waals surface area contributed by atoms with Crippen LogP contribution in [0.5, 0.6) is 5.88 Å². The van der Waals surface area contributed by atoms with Crippen molar-refractivity contribution in [3.8, 4) is 5.88 Å². The van der Waals surface area contributed by atoms with E-state index in [1.165, 1.54) is 23.5 Å². The van der Waals surface area contributed by atoms with Gasteiger partial charge in [0.2, 0.25) is 11.8 Å². The monoisotopic (exact) mass is 372 g/mol. The van der Waals surface area contributed by atoms with Crippen LogP contribution >= 0.6 is 23.5 Å². The number of aromatic nitrogens is 2. The Morgan fingerprint density at radius 1 is 1.28 bits per heavy atom. The first kappa shape index (κ1) is 16.4. The number of aliphatic imine (C=N–C) groups is 1. The Morgan fingerprint density at radius 2 is 2.08 bits per heavy atom. The van der Waals surface area contributed by atoms with Crippen LogP contribution in [0.4, 0.5) is 5.69 Å². The Labute approximate surface area is 153 Å². The summed E-state index contributed by atoms with van der Waals surface area (Å²) in [6.45, 7) is 0. The number of hydrogen-bond acceptors (Lipinski definition) is 7. The highest BCUT2D eigenvalue weighted by Gasteiger charge is 2.39. The third kappa shape index (κ3) is 3.00. The molecule has 1 saturated heterocycles. The van der Waals surface area contributed by atoms with Gasteiger partial charge in [0.15, 0.2) is 10.8 Å². The Hall–Kier alpha value is -2.06. The molecular formula is C17H16N4O2S2. The number of nitrogens with one attached hydrogen (secondary N) is 1. The molecule has 2 atom stereocenters. The lowest BCUT2D eigenvalue weighted by Crippen LogP contribution is -2.47. The maximum absolute atomic E-state index is 12.6. The van der Waals surface area contributed by atoms with E-state index in [1.807, 2.05) is 36.6 Å². The van der Waals surface area contributed by atoms with Gasteiger partial charge >= 0.3 is 0 Å². The second-order valence-electron chi connectivity index (χ2n) is 5.65. The normalized spacial score (nSPS) is 21.7. The van der Waals surface area contributed by atoms with E-state index in [9.17, 15) is 4.79 Å². The smallest absolute Gasteiger partial charge is 0.245 e. The van der Waals surface area contributed by atoms with Crippen LogP contribution in [0.3, 0.4) is 0 Å². The van der Waals surface area contributed by atoms with Gasteiger partial charge in [-0.3, -0.25) is 4.79 Å². The van der Waals surface area contributed by atoms with Gasteiger partial charge in [0, 0.05) is 12.1 Å². The van der Waals surface area contributed by atoms with Crippen molar-refractivity contribution in [2.45, 2.75) is 27.9 Å². The van der Waals surface area contributed by atoms with Crippen molar-refractivity contribution in [2.24, 2.45) is 4.99 Å². The third-order valence-electron chi connectivity index (χ3n) is 4.13. The zero-order chi connectivity index (χ0) is 17.4. The number of nitrogens with zero attached hydrogens (tertiary/aromatic N) is 3. The van der Waals surface area contributed by atoms with Gasteiger partial charge in [-0.05, 0) is 11.8 Å². The molecule has 4 rings (SSSR count). The van der Waals surface area contributed by atoms with Gasteiger partial charge in [0.25, 0.3) is 0 Å². The van der Waals surface area contributed by atoms with Crippen LogP contribution in [0.1, 0.15) is 18.0 Å². The summed E-state index contributed by atoms with van der Waals surface area (Å²) >= 11 is 2.85. The fourth-order valence-corrected chi connectivity index (χ4v) is 4.42. The van der Waals surface area contributed by atoms with Crippen LogP contribution < -0.4 is 10.1 Å². The van der Waals surface area contributed by atoms with Crippen molar-refractivity contribution in [3.05, 3.63) is 35.9 Å². The molecule has 1 aromatic carbocycles. The van der Waals surface area contributed by atoms with Crippen LogP contribution in [0.25, 0.3) is 0 Å². The first-order chi connectivity index (χ1) is 12.2. The number of amides is 1. The minimum absolute atomic E-state index is 0.0298. The zero-order valence-electron chi connectivity index (χ0n) is 13.7. The van der Waals surface area contributed by atoms with E-state index in [2.05, 4.69) is 15.3 Å². The minimum atomic E-state index is -0.346. The first-order valence-electron chi connectivity index (χ1n) is 7.79. The second-order valence-corrected chi connectivity index (χ2v) is 7.52. The molecule has 6 nitrogen and oxygen atoms in total. The number of carbonyl (C=O) groups is 1. The topological polar surface area (TPSA) is 76.5 Å². The van der Waals surface area contributed by atoms with Crippen molar-refractivity contribution >= 4 is 40.8 Å². The van der Waals surface area contributed by atoms with E-state index < -0.39 is 0 Å². The Bertz CT molecular complexity index is 857. The van der Waals surface area contributed by atoms with Gasteiger partial charge in [0.05, 0.1) is 13.2 Å². The fraction of sp³-hybridized carbons (Fsp3) is 0.294. The van der Waals surface area contributed by atoms with E-state index in [0.717, 1.165) is 11.3 Å². The predicted molar refractivity (Wildman–Crippen MR) is 99.0 cm³/mol. The van der Waals surface area contributed by atoms with E-state index in [-0.39, 0.29) is 17.2 Å². The molecule has 1 aromatic heterocycles. The Kier molecular flexibility index (Phi) is 4.39.